The van der Waals surface area contributed by atoms with E-state index >= 15 is 0 Å². The number of ether oxygens (including phenoxy) is 1. The van der Waals surface area contributed by atoms with Crippen LogP contribution in [0.25, 0.3) is 0 Å². The van der Waals surface area contributed by atoms with Gasteiger partial charge >= 0.3 is 0 Å². The summed E-state index contributed by atoms with van der Waals surface area (Å²) < 4.78 is 5.78. The van der Waals surface area contributed by atoms with Crippen molar-refractivity contribution in [2.75, 3.05) is 0 Å². The SMILES string of the molecule is N[C@H](c1ccc(OCc2ccccc2)cc1)c1ccsc1. The second-order valence-electron chi connectivity index (χ2n) is 4.88. The van der Waals surface area contributed by atoms with Gasteiger partial charge in [0.25, 0.3) is 0 Å². The van der Waals surface area contributed by atoms with Crippen LogP contribution >= 0.6 is 11.3 Å². The van der Waals surface area contributed by atoms with Gasteiger partial charge in [-0.2, -0.15) is 11.3 Å². The van der Waals surface area contributed by atoms with Crippen molar-refractivity contribution in [3.05, 3.63) is 88.1 Å². The first-order valence-electron chi connectivity index (χ1n) is 6.87. The lowest BCUT2D eigenvalue weighted by atomic mass is 10.0. The van der Waals surface area contributed by atoms with E-state index in [1.165, 1.54) is 0 Å². The van der Waals surface area contributed by atoms with Crippen LogP contribution in [0, 0.1) is 0 Å². The molecule has 0 unspecified atom stereocenters. The summed E-state index contributed by atoms with van der Waals surface area (Å²) in [6.07, 6.45) is 0. The van der Waals surface area contributed by atoms with E-state index in [0.29, 0.717) is 6.61 Å². The van der Waals surface area contributed by atoms with Crippen LogP contribution in [-0.4, -0.2) is 0 Å². The van der Waals surface area contributed by atoms with E-state index in [0.717, 1.165) is 22.4 Å². The molecule has 3 rings (SSSR count). The fraction of sp³-hybridized carbons (Fsp3) is 0.111. The van der Waals surface area contributed by atoms with Gasteiger partial charge in [-0.1, -0.05) is 42.5 Å². The Balaban J connectivity index is 1.64. The maximum Gasteiger partial charge on any atom is 0.119 e. The second kappa shape index (κ2) is 6.57. The van der Waals surface area contributed by atoms with Gasteiger partial charge in [-0.3, -0.25) is 0 Å². The van der Waals surface area contributed by atoms with Crippen LogP contribution < -0.4 is 10.5 Å². The van der Waals surface area contributed by atoms with Crippen molar-refractivity contribution in [3.63, 3.8) is 0 Å². The predicted molar refractivity (Wildman–Crippen MR) is 87.6 cm³/mol. The van der Waals surface area contributed by atoms with Gasteiger partial charge in [0.15, 0.2) is 0 Å². The molecule has 1 aromatic heterocycles. The van der Waals surface area contributed by atoms with E-state index in [4.69, 9.17) is 10.5 Å². The van der Waals surface area contributed by atoms with Gasteiger partial charge in [0.2, 0.25) is 0 Å². The fourth-order valence-corrected chi connectivity index (χ4v) is 2.85. The molecule has 2 nitrogen and oxygen atoms in total. The Morgan fingerprint density at radius 3 is 2.33 bits per heavy atom. The van der Waals surface area contributed by atoms with Crippen LogP contribution in [0.4, 0.5) is 0 Å². The molecule has 0 aliphatic carbocycles. The summed E-state index contributed by atoms with van der Waals surface area (Å²) >= 11 is 1.67. The Labute approximate surface area is 128 Å². The van der Waals surface area contributed by atoms with Crippen molar-refractivity contribution >= 4 is 11.3 Å². The van der Waals surface area contributed by atoms with Gasteiger partial charge in [-0.15, -0.1) is 0 Å². The number of benzene rings is 2. The Morgan fingerprint density at radius 2 is 1.67 bits per heavy atom. The molecule has 0 radical (unpaired) electrons. The second-order valence-corrected chi connectivity index (χ2v) is 5.66. The molecule has 0 aliphatic rings. The number of nitrogens with two attached hydrogens (primary N) is 1. The molecule has 0 fully saturated rings. The van der Waals surface area contributed by atoms with Gasteiger partial charge in [0.1, 0.15) is 12.4 Å². The van der Waals surface area contributed by atoms with E-state index < -0.39 is 0 Å². The summed E-state index contributed by atoms with van der Waals surface area (Å²) in [6, 6.07) is 20.2. The predicted octanol–water partition coefficient (Wildman–Crippen LogP) is 4.38. The van der Waals surface area contributed by atoms with Crippen molar-refractivity contribution in [1.82, 2.24) is 0 Å². The molecule has 0 aliphatic heterocycles. The van der Waals surface area contributed by atoms with Gasteiger partial charge < -0.3 is 10.5 Å². The number of rotatable bonds is 5. The maximum atomic E-state index is 6.24. The third-order valence-electron chi connectivity index (χ3n) is 3.39. The van der Waals surface area contributed by atoms with Crippen LogP contribution in [0.5, 0.6) is 5.75 Å². The average molecular weight is 295 g/mol. The summed E-state index contributed by atoms with van der Waals surface area (Å²) in [4.78, 5) is 0. The molecule has 2 N–H and O–H groups in total. The highest BCUT2D eigenvalue weighted by Crippen LogP contribution is 2.24. The molecule has 0 saturated heterocycles. The maximum absolute atomic E-state index is 6.24. The molecule has 1 heterocycles. The largest absolute Gasteiger partial charge is 0.489 e. The van der Waals surface area contributed by atoms with Crippen molar-refractivity contribution in [3.8, 4) is 5.75 Å². The zero-order valence-corrected chi connectivity index (χ0v) is 12.4. The quantitative estimate of drug-likeness (QED) is 0.758. The minimum Gasteiger partial charge on any atom is -0.489 e. The van der Waals surface area contributed by atoms with E-state index in [1.807, 2.05) is 47.8 Å². The van der Waals surface area contributed by atoms with Crippen molar-refractivity contribution in [1.29, 1.82) is 0 Å². The highest BCUT2D eigenvalue weighted by molar-refractivity contribution is 7.08. The zero-order chi connectivity index (χ0) is 14.5. The van der Waals surface area contributed by atoms with Crippen LogP contribution in [0.1, 0.15) is 22.7 Å². The van der Waals surface area contributed by atoms with Gasteiger partial charge in [0, 0.05) is 0 Å². The van der Waals surface area contributed by atoms with Crippen molar-refractivity contribution in [2.24, 2.45) is 5.73 Å². The van der Waals surface area contributed by atoms with E-state index in [2.05, 4.69) is 23.6 Å². The lowest BCUT2D eigenvalue weighted by molar-refractivity contribution is 0.306. The zero-order valence-electron chi connectivity index (χ0n) is 11.6. The Morgan fingerprint density at radius 1 is 0.905 bits per heavy atom. The minimum atomic E-state index is -0.0700. The van der Waals surface area contributed by atoms with Crippen LogP contribution in [0.3, 0.4) is 0 Å². The molecule has 0 bridgehead atoms. The van der Waals surface area contributed by atoms with E-state index in [1.54, 1.807) is 11.3 Å². The minimum absolute atomic E-state index is 0.0700. The highest BCUT2D eigenvalue weighted by Gasteiger charge is 2.09. The van der Waals surface area contributed by atoms with E-state index in [-0.39, 0.29) is 6.04 Å². The Hall–Kier alpha value is -2.10. The van der Waals surface area contributed by atoms with Crippen LogP contribution in [0.15, 0.2) is 71.4 Å². The summed E-state index contributed by atoms with van der Waals surface area (Å²) in [5.74, 6) is 0.861. The van der Waals surface area contributed by atoms with Crippen molar-refractivity contribution < 1.29 is 4.74 Å². The highest BCUT2D eigenvalue weighted by atomic mass is 32.1. The first-order valence-corrected chi connectivity index (χ1v) is 7.81. The standard InChI is InChI=1S/C18H17NOS/c19-18(16-10-11-21-13-16)15-6-8-17(9-7-15)20-12-14-4-2-1-3-5-14/h1-11,13,18H,12,19H2/t18-/m1/s1. The molecule has 106 valence electrons. The first-order chi connectivity index (χ1) is 10.3. The van der Waals surface area contributed by atoms with Crippen LogP contribution in [-0.2, 0) is 6.61 Å². The fourth-order valence-electron chi connectivity index (χ4n) is 2.16. The lowest BCUT2D eigenvalue weighted by Gasteiger charge is -2.12. The van der Waals surface area contributed by atoms with Gasteiger partial charge in [0.05, 0.1) is 6.04 Å². The molecule has 21 heavy (non-hydrogen) atoms. The summed E-state index contributed by atoms with van der Waals surface area (Å²) in [7, 11) is 0. The van der Waals surface area contributed by atoms with Crippen LogP contribution in [0.2, 0.25) is 0 Å². The number of hydrogen-bond acceptors (Lipinski definition) is 3. The molecule has 0 spiro atoms. The molecule has 1 atom stereocenters. The third-order valence-corrected chi connectivity index (χ3v) is 4.09. The molecular formula is C18H17NOS. The molecule has 2 aromatic carbocycles. The van der Waals surface area contributed by atoms with Crippen molar-refractivity contribution in [2.45, 2.75) is 12.6 Å². The summed E-state index contributed by atoms with van der Waals surface area (Å²) in [5.41, 5.74) is 9.65. The monoisotopic (exact) mass is 295 g/mol. The normalized spacial score (nSPS) is 12.0. The summed E-state index contributed by atoms with van der Waals surface area (Å²) in [6.45, 7) is 0.580. The molecule has 0 amide bonds. The van der Waals surface area contributed by atoms with E-state index in [9.17, 15) is 0 Å². The smallest absolute Gasteiger partial charge is 0.119 e. The molecule has 3 aromatic rings. The number of thiophene rings is 1. The first kappa shape index (κ1) is 13.9. The number of hydrogen-bond donors (Lipinski definition) is 1. The lowest BCUT2D eigenvalue weighted by Crippen LogP contribution is -2.10. The molecule has 0 saturated carbocycles. The molecular weight excluding hydrogens is 278 g/mol. The average Bonchev–Trinajstić information content (AvgIpc) is 3.08. The summed E-state index contributed by atoms with van der Waals surface area (Å²) in [5, 5.41) is 4.14. The van der Waals surface area contributed by atoms with Gasteiger partial charge in [-0.05, 0) is 45.6 Å². The molecule has 3 heteroatoms. The third kappa shape index (κ3) is 3.51. The Kier molecular flexibility index (Phi) is 4.34. The topological polar surface area (TPSA) is 35.2 Å². The Bertz CT molecular complexity index is 662. The van der Waals surface area contributed by atoms with Gasteiger partial charge in [-0.25, -0.2) is 0 Å².